The molecule has 5 nitrogen and oxygen atoms in total. The molecule has 1 aromatic rings. The quantitative estimate of drug-likeness (QED) is 0.641. The van der Waals surface area contributed by atoms with E-state index in [0.29, 0.717) is 0 Å². The molecule has 1 N–H and O–H groups in total. The first kappa shape index (κ1) is 16.7. The number of aromatic nitrogens is 2. The van der Waals surface area contributed by atoms with Gasteiger partial charge in [-0.15, -0.1) is 0 Å². The normalized spacial score (nSPS) is 13.3. The molecule has 5 heteroatoms. The molecule has 0 saturated carbocycles. The lowest BCUT2D eigenvalue weighted by molar-refractivity contribution is -0.156. The molecule has 0 spiro atoms. The Labute approximate surface area is 121 Å². The maximum atomic E-state index is 11.8. The van der Waals surface area contributed by atoms with E-state index in [4.69, 9.17) is 4.74 Å². The van der Waals surface area contributed by atoms with Gasteiger partial charge in [0.2, 0.25) is 0 Å². The molecule has 1 atom stereocenters. The maximum absolute atomic E-state index is 11.8. The van der Waals surface area contributed by atoms with Gasteiger partial charge in [-0.25, -0.2) is 0 Å². The Morgan fingerprint density at radius 2 is 2.10 bits per heavy atom. The molecule has 114 valence electrons. The van der Waals surface area contributed by atoms with E-state index in [1.807, 2.05) is 39.3 Å². The van der Waals surface area contributed by atoms with Gasteiger partial charge < -0.3 is 10.1 Å². The van der Waals surface area contributed by atoms with Crippen molar-refractivity contribution >= 4 is 5.97 Å². The number of rotatable bonds is 6. The molecule has 0 amide bonds. The highest BCUT2D eigenvalue weighted by molar-refractivity contribution is 5.75. The number of ether oxygens (including phenoxy) is 1. The van der Waals surface area contributed by atoms with Crippen molar-refractivity contribution in [1.29, 1.82) is 0 Å². The molecule has 0 fully saturated rings. The highest BCUT2D eigenvalue weighted by Crippen LogP contribution is 2.08. The van der Waals surface area contributed by atoms with Crippen molar-refractivity contribution < 1.29 is 9.53 Å². The smallest absolute Gasteiger partial charge is 0.323 e. The van der Waals surface area contributed by atoms with Gasteiger partial charge >= 0.3 is 5.97 Å². The summed E-state index contributed by atoms with van der Waals surface area (Å²) in [6.45, 7) is 13.1. The summed E-state index contributed by atoms with van der Waals surface area (Å²) in [5.74, 6) is -0.205. The zero-order valence-electron chi connectivity index (χ0n) is 13.5. The van der Waals surface area contributed by atoms with Gasteiger partial charge in [0.1, 0.15) is 11.6 Å². The van der Waals surface area contributed by atoms with Crippen molar-refractivity contribution in [3.63, 3.8) is 0 Å². The van der Waals surface area contributed by atoms with E-state index in [2.05, 4.69) is 23.4 Å². The molecule has 0 radical (unpaired) electrons. The predicted octanol–water partition coefficient (Wildman–Crippen LogP) is 2.21. The van der Waals surface area contributed by atoms with E-state index < -0.39 is 5.60 Å². The van der Waals surface area contributed by atoms with Crippen LogP contribution in [0.5, 0.6) is 0 Å². The van der Waals surface area contributed by atoms with Crippen molar-refractivity contribution in [1.82, 2.24) is 15.1 Å². The van der Waals surface area contributed by atoms with Crippen molar-refractivity contribution in [3.8, 4) is 0 Å². The molecule has 1 aromatic heterocycles. The van der Waals surface area contributed by atoms with Crippen LogP contribution in [0.3, 0.4) is 0 Å². The standard InChI is InChI=1S/C15H27N3O2/c1-11-10-12(2)18(17-11)9-7-8-16-13(3)14(19)20-15(4,5)6/h10,13,16H,7-9H2,1-6H3. The van der Waals surface area contributed by atoms with Crippen molar-refractivity contribution in [2.24, 2.45) is 0 Å². The molecular formula is C15H27N3O2. The van der Waals surface area contributed by atoms with Crippen LogP contribution < -0.4 is 5.32 Å². The van der Waals surface area contributed by atoms with E-state index in [9.17, 15) is 4.79 Å². The zero-order valence-corrected chi connectivity index (χ0v) is 13.5. The monoisotopic (exact) mass is 281 g/mol. The number of nitrogens with zero attached hydrogens (tertiary/aromatic N) is 2. The van der Waals surface area contributed by atoms with Crippen molar-refractivity contribution in [2.45, 2.75) is 66.2 Å². The zero-order chi connectivity index (χ0) is 15.3. The fourth-order valence-electron chi connectivity index (χ4n) is 1.92. The molecule has 0 aliphatic rings. The lowest BCUT2D eigenvalue weighted by Crippen LogP contribution is -2.39. The fourth-order valence-corrected chi connectivity index (χ4v) is 1.92. The number of hydrogen-bond acceptors (Lipinski definition) is 4. The summed E-state index contributed by atoms with van der Waals surface area (Å²) in [6.07, 6.45) is 0.926. The Balaban J connectivity index is 2.27. The molecule has 20 heavy (non-hydrogen) atoms. The van der Waals surface area contributed by atoms with Crippen molar-refractivity contribution in [2.75, 3.05) is 6.54 Å². The molecular weight excluding hydrogens is 254 g/mol. The molecule has 0 bridgehead atoms. The third-order valence-electron chi connectivity index (χ3n) is 2.86. The number of carbonyl (C=O) groups excluding carboxylic acids is 1. The minimum atomic E-state index is -0.434. The second-order valence-corrected chi connectivity index (χ2v) is 6.21. The second-order valence-electron chi connectivity index (χ2n) is 6.21. The van der Waals surface area contributed by atoms with Gasteiger partial charge in [0.25, 0.3) is 0 Å². The largest absolute Gasteiger partial charge is 0.459 e. The Kier molecular flexibility index (Phi) is 5.74. The molecule has 1 heterocycles. The second kappa shape index (κ2) is 6.88. The van der Waals surface area contributed by atoms with Gasteiger partial charge in [-0.1, -0.05) is 0 Å². The highest BCUT2D eigenvalue weighted by Gasteiger charge is 2.20. The summed E-state index contributed by atoms with van der Waals surface area (Å²) >= 11 is 0. The van der Waals surface area contributed by atoms with Gasteiger partial charge in [-0.3, -0.25) is 9.48 Å². The van der Waals surface area contributed by atoms with Gasteiger partial charge in [-0.05, 0) is 60.6 Å². The van der Waals surface area contributed by atoms with Crippen LogP contribution in [0.15, 0.2) is 6.07 Å². The highest BCUT2D eigenvalue weighted by atomic mass is 16.6. The van der Waals surface area contributed by atoms with Crippen LogP contribution in [-0.4, -0.2) is 33.9 Å². The van der Waals surface area contributed by atoms with E-state index in [0.717, 1.165) is 25.2 Å². The van der Waals surface area contributed by atoms with Crippen LogP contribution in [0.4, 0.5) is 0 Å². The summed E-state index contributed by atoms with van der Waals surface area (Å²) in [7, 11) is 0. The topological polar surface area (TPSA) is 56.2 Å². The molecule has 0 aliphatic carbocycles. The van der Waals surface area contributed by atoms with E-state index >= 15 is 0 Å². The van der Waals surface area contributed by atoms with E-state index in [-0.39, 0.29) is 12.0 Å². The Morgan fingerprint density at radius 3 is 2.60 bits per heavy atom. The molecule has 1 unspecified atom stereocenters. The van der Waals surface area contributed by atoms with Crippen LogP contribution in [0.1, 0.15) is 45.5 Å². The van der Waals surface area contributed by atoms with Gasteiger partial charge in [0.05, 0.1) is 5.69 Å². The summed E-state index contributed by atoms with van der Waals surface area (Å²) < 4.78 is 7.31. The van der Waals surface area contributed by atoms with Gasteiger partial charge in [-0.2, -0.15) is 5.10 Å². The molecule has 0 aliphatic heterocycles. The molecule has 1 rings (SSSR count). The summed E-state index contributed by atoms with van der Waals surface area (Å²) in [6, 6.07) is 1.78. The Hall–Kier alpha value is -1.36. The number of aryl methyl sites for hydroxylation is 3. The first-order valence-electron chi connectivity index (χ1n) is 7.16. The fraction of sp³-hybridized carbons (Fsp3) is 0.733. The van der Waals surface area contributed by atoms with Crippen LogP contribution in [0.2, 0.25) is 0 Å². The minimum Gasteiger partial charge on any atom is -0.459 e. The average Bonchev–Trinajstić information content (AvgIpc) is 2.60. The van der Waals surface area contributed by atoms with Crippen LogP contribution in [-0.2, 0) is 16.1 Å². The third-order valence-corrected chi connectivity index (χ3v) is 2.86. The van der Waals surface area contributed by atoms with Crippen LogP contribution >= 0.6 is 0 Å². The number of esters is 1. The minimum absolute atomic E-state index is 0.205. The lowest BCUT2D eigenvalue weighted by atomic mass is 10.2. The van der Waals surface area contributed by atoms with E-state index in [1.54, 1.807) is 0 Å². The Bertz CT molecular complexity index is 446. The first-order chi connectivity index (χ1) is 9.19. The molecule has 0 aromatic carbocycles. The maximum Gasteiger partial charge on any atom is 0.323 e. The number of nitrogens with one attached hydrogen (secondary N) is 1. The molecule has 0 saturated heterocycles. The first-order valence-corrected chi connectivity index (χ1v) is 7.16. The summed E-state index contributed by atoms with van der Waals surface area (Å²) in [5, 5.41) is 7.59. The summed E-state index contributed by atoms with van der Waals surface area (Å²) in [4.78, 5) is 11.8. The van der Waals surface area contributed by atoms with Gasteiger partial charge in [0, 0.05) is 12.2 Å². The Morgan fingerprint density at radius 1 is 1.45 bits per heavy atom. The number of carbonyl (C=O) groups is 1. The predicted molar refractivity (Wildman–Crippen MR) is 79.6 cm³/mol. The van der Waals surface area contributed by atoms with Crippen molar-refractivity contribution in [3.05, 3.63) is 17.5 Å². The number of hydrogen-bond donors (Lipinski definition) is 1. The average molecular weight is 281 g/mol. The third kappa shape index (κ3) is 5.74. The van der Waals surface area contributed by atoms with Gasteiger partial charge in [0.15, 0.2) is 0 Å². The SMILES string of the molecule is Cc1cc(C)n(CCCNC(C)C(=O)OC(C)(C)C)n1. The van der Waals surface area contributed by atoms with Crippen LogP contribution in [0.25, 0.3) is 0 Å². The summed E-state index contributed by atoms with van der Waals surface area (Å²) in [5.41, 5.74) is 1.77. The van der Waals surface area contributed by atoms with Crippen LogP contribution in [0, 0.1) is 13.8 Å². The van der Waals surface area contributed by atoms with E-state index in [1.165, 1.54) is 5.69 Å². The lowest BCUT2D eigenvalue weighted by Gasteiger charge is -2.22.